The maximum Gasteiger partial charge on any atom is 0.255 e. The maximum absolute atomic E-state index is 12.5. The highest BCUT2D eigenvalue weighted by Gasteiger charge is 2.23. The van der Waals surface area contributed by atoms with Crippen LogP contribution >= 0.6 is 0 Å². The van der Waals surface area contributed by atoms with Crippen molar-refractivity contribution >= 4 is 17.4 Å². The number of benzene rings is 1. The van der Waals surface area contributed by atoms with Crippen LogP contribution in [0.2, 0.25) is 0 Å². The third-order valence-corrected chi connectivity index (χ3v) is 4.36. The van der Waals surface area contributed by atoms with E-state index in [0.717, 1.165) is 18.9 Å². The predicted octanol–water partition coefficient (Wildman–Crippen LogP) is 2.96. The van der Waals surface area contributed by atoms with E-state index in [-0.39, 0.29) is 18.1 Å². The van der Waals surface area contributed by atoms with Crippen molar-refractivity contribution in [1.82, 2.24) is 4.98 Å². The molecule has 144 valence electrons. The van der Waals surface area contributed by atoms with Crippen LogP contribution in [0.5, 0.6) is 11.5 Å². The van der Waals surface area contributed by atoms with Gasteiger partial charge in [0.2, 0.25) is 0 Å². The van der Waals surface area contributed by atoms with Gasteiger partial charge < -0.3 is 24.4 Å². The first-order chi connectivity index (χ1) is 13.0. The molecule has 1 N–H and O–H groups in total. The summed E-state index contributed by atoms with van der Waals surface area (Å²) in [5, 5.41) is 2.85. The first-order valence-electron chi connectivity index (χ1n) is 8.89. The Balaban J connectivity index is 1.70. The highest BCUT2D eigenvalue weighted by Crippen LogP contribution is 2.24. The van der Waals surface area contributed by atoms with Crippen LogP contribution in [0.4, 0.5) is 11.5 Å². The zero-order valence-corrected chi connectivity index (χ0v) is 16.1. The minimum absolute atomic E-state index is 0.165. The lowest BCUT2D eigenvalue weighted by atomic mass is 10.2. The minimum atomic E-state index is -0.254. The van der Waals surface area contributed by atoms with Gasteiger partial charge >= 0.3 is 0 Å². The van der Waals surface area contributed by atoms with Gasteiger partial charge in [0.1, 0.15) is 17.3 Å². The molecule has 3 rings (SSSR count). The summed E-state index contributed by atoms with van der Waals surface area (Å²) in [6.07, 6.45) is 1.99. The van der Waals surface area contributed by atoms with Crippen LogP contribution in [0.1, 0.15) is 24.2 Å². The van der Waals surface area contributed by atoms with Crippen LogP contribution in [0.15, 0.2) is 36.5 Å². The number of nitrogens with one attached hydrogen (secondary N) is 1. The number of anilines is 2. The first kappa shape index (κ1) is 19.0. The van der Waals surface area contributed by atoms with Crippen LogP contribution in [0.3, 0.4) is 0 Å². The number of methoxy groups -OCH3 is 2. The number of nitrogens with zero attached hydrogens (tertiary/aromatic N) is 2. The van der Waals surface area contributed by atoms with Gasteiger partial charge in [-0.3, -0.25) is 4.79 Å². The van der Waals surface area contributed by atoms with Crippen molar-refractivity contribution in [2.24, 2.45) is 0 Å². The summed E-state index contributed by atoms with van der Waals surface area (Å²) in [7, 11) is 3.10. The molecule has 1 saturated heterocycles. The molecule has 0 saturated carbocycles. The van der Waals surface area contributed by atoms with E-state index in [2.05, 4.69) is 29.0 Å². The van der Waals surface area contributed by atoms with E-state index in [4.69, 9.17) is 14.2 Å². The molecular formula is C20H25N3O4. The van der Waals surface area contributed by atoms with E-state index in [1.807, 2.05) is 12.1 Å². The second-order valence-corrected chi connectivity index (χ2v) is 6.62. The number of pyridine rings is 1. The molecule has 1 amide bonds. The van der Waals surface area contributed by atoms with Crippen molar-refractivity contribution in [2.45, 2.75) is 26.1 Å². The standard InChI is InChI=1S/C20H25N3O4/c1-13-11-23(12-14(2)27-13)19-6-5-16(10-21-19)22-20(24)15-7-17(25-3)9-18(8-15)26-4/h5-10,13-14H,11-12H2,1-4H3,(H,22,24). The van der Waals surface area contributed by atoms with Crippen molar-refractivity contribution < 1.29 is 19.0 Å². The molecule has 1 aromatic heterocycles. The Labute approximate surface area is 159 Å². The maximum atomic E-state index is 12.5. The number of carbonyl (C=O) groups is 1. The molecule has 1 aliphatic heterocycles. The number of rotatable bonds is 5. The molecule has 1 aliphatic rings. The molecule has 0 spiro atoms. The van der Waals surface area contributed by atoms with Crippen LogP contribution < -0.4 is 19.7 Å². The van der Waals surface area contributed by atoms with Crippen molar-refractivity contribution in [3.8, 4) is 11.5 Å². The largest absolute Gasteiger partial charge is 0.497 e. The number of ether oxygens (including phenoxy) is 3. The normalized spacial score (nSPS) is 19.5. The Hall–Kier alpha value is -2.80. The lowest BCUT2D eigenvalue weighted by molar-refractivity contribution is -0.00545. The van der Waals surface area contributed by atoms with E-state index >= 15 is 0 Å². The molecule has 1 fully saturated rings. The quantitative estimate of drug-likeness (QED) is 0.871. The van der Waals surface area contributed by atoms with E-state index in [1.165, 1.54) is 0 Å². The van der Waals surface area contributed by atoms with Gasteiger partial charge in [0.05, 0.1) is 38.3 Å². The summed E-state index contributed by atoms with van der Waals surface area (Å²) in [6, 6.07) is 8.80. The smallest absolute Gasteiger partial charge is 0.255 e. The highest BCUT2D eigenvalue weighted by molar-refractivity contribution is 6.04. The Morgan fingerprint density at radius 2 is 1.74 bits per heavy atom. The van der Waals surface area contributed by atoms with E-state index in [9.17, 15) is 4.79 Å². The molecular weight excluding hydrogens is 346 g/mol. The Bertz CT molecular complexity index is 762. The SMILES string of the molecule is COc1cc(OC)cc(C(=O)Nc2ccc(N3CC(C)OC(C)C3)nc2)c1. The van der Waals surface area contributed by atoms with Crippen LogP contribution in [0.25, 0.3) is 0 Å². The van der Waals surface area contributed by atoms with Gasteiger partial charge in [0.25, 0.3) is 5.91 Å². The van der Waals surface area contributed by atoms with Gasteiger partial charge in [-0.05, 0) is 38.1 Å². The summed E-state index contributed by atoms with van der Waals surface area (Å²) in [5.41, 5.74) is 1.07. The number of hydrogen-bond donors (Lipinski definition) is 1. The Morgan fingerprint density at radius 1 is 1.11 bits per heavy atom. The fourth-order valence-electron chi connectivity index (χ4n) is 3.15. The van der Waals surface area contributed by atoms with Gasteiger partial charge in [-0.1, -0.05) is 0 Å². The van der Waals surface area contributed by atoms with Gasteiger partial charge in [-0.15, -0.1) is 0 Å². The molecule has 2 heterocycles. The number of hydrogen-bond acceptors (Lipinski definition) is 6. The molecule has 1 aromatic carbocycles. The molecule has 7 nitrogen and oxygen atoms in total. The first-order valence-corrected chi connectivity index (χ1v) is 8.89. The van der Waals surface area contributed by atoms with E-state index in [0.29, 0.717) is 22.7 Å². The van der Waals surface area contributed by atoms with Crippen LogP contribution in [-0.2, 0) is 4.74 Å². The topological polar surface area (TPSA) is 72.9 Å². The predicted molar refractivity (Wildman–Crippen MR) is 104 cm³/mol. The van der Waals surface area contributed by atoms with E-state index < -0.39 is 0 Å². The molecule has 27 heavy (non-hydrogen) atoms. The monoisotopic (exact) mass is 371 g/mol. The summed E-state index contributed by atoms with van der Waals surface area (Å²) >= 11 is 0. The third-order valence-electron chi connectivity index (χ3n) is 4.36. The van der Waals surface area contributed by atoms with Gasteiger partial charge in [0.15, 0.2) is 0 Å². The summed E-state index contributed by atoms with van der Waals surface area (Å²) in [4.78, 5) is 19.2. The van der Waals surface area contributed by atoms with Crippen molar-refractivity contribution in [3.63, 3.8) is 0 Å². The average molecular weight is 371 g/mol. The number of morpholine rings is 1. The van der Waals surface area contributed by atoms with Crippen LogP contribution in [-0.4, -0.2) is 50.4 Å². The molecule has 7 heteroatoms. The van der Waals surface area contributed by atoms with E-state index in [1.54, 1.807) is 38.6 Å². The fraction of sp³-hybridized carbons (Fsp3) is 0.400. The molecule has 2 atom stereocenters. The lowest BCUT2D eigenvalue weighted by Crippen LogP contribution is -2.45. The highest BCUT2D eigenvalue weighted by atomic mass is 16.5. The number of carbonyl (C=O) groups excluding carboxylic acids is 1. The minimum Gasteiger partial charge on any atom is -0.497 e. The lowest BCUT2D eigenvalue weighted by Gasteiger charge is -2.36. The zero-order valence-electron chi connectivity index (χ0n) is 16.1. The summed E-state index contributed by atoms with van der Waals surface area (Å²) in [6.45, 7) is 5.71. The number of amides is 1. The molecule has 2 unspecified atom stereocenters. The summed E-state index contributed by atoms with van der Waals surface area (Å²) < 4.78 is 16.2. The molecule has 0 aliphatic carbocycles. The molecule has 0 bridgehead atoms. The van der Waals surface area contributed by atoms with Crippen LogP contribution in [0, 0.1) is 0 Å². The Morgan fingerprint density at radius 3 is 2.26 bits per heavy atom. The van der Waals surface area contributed by atoms with Gasteiger partial charge in [0, 0.05) is 24.7 Å². The number of aromatic nitrogens is 1. The van der Waals surface area contributed by atoms with Crippen molar-refractivity contribution in [1.29, 1.82) is 0 Å². The zero-order chi connectivity index (χ0) is 19.4. The molecule has 2 aromatic rings. The summed E-state index contributed by atoms with van der Waals surface area (Å²) in [5.74, 6) is 1.74. The third kappa shape index (κ3) is 4.68. The van der Waals surface area contributed by atoms with Gasteiger partial charge in [-0.2, -0.15) is 0 Å². The fourth-order valence-corrected chi connectivity index (χ4v) is 3.15. The van der Waals surface area contributed by atoms with Gasteiger partial charge in [-0.25, -0.2) is 4.98 Å². The second-order valence-electron chi connectivity index (χ2n) is 6.62. The molecule has 0 radical (unpaired) electrons. The second kappa shape index (κ2) is 8.26. The average Bonchev–Trinajstić information content (AvgIpc) is 2.67. The van der Waals surface area contributed by atoms with Crippen molar-refractivity contribution in [2.75, 3.05) is 37.5 Å². The Kier molecular flexibility index (Phi) is 5.81. The van der Waals surface area contributed by atoms with Crippen molar-refractivity contribution in [3.05, 3.63) is 42.1 Å².